The standard InChI is InChI=1S/C14H21ClN2O/c1-18-13-3-2-8-17(10-13)14(9-16)11-4-6-12(15)7-5-11/h4-7,13-14H,2-3,8-10,16H2,1H3. The monoisotopic (exact) mass is 268 g/mol. The van der Waals surface area contributed by atoms with E-state index in [-0.39, 0.29) is 6.04 Å². The van der Waals surface area contributed by atoms with Gasteiger partial charge in [-0.2, -0.15) is 0 Å². The maximum absolute atomic E-state index is 5.95. The molecular weight excluding hydrogens is 248 g/mol. The Labute approximate surface area is 114 Å². The Bertz CT molecular complexity index is 369. The second-order valence-electron chi connectivity index (χ2n) is 4.80. The van der Waals surface area contributed by atoms with Crippen LogP contribution in [0.5, 0.6) is 0 Å². The van der Waals surface area contributed by atoms with Crippen LogP contribution >= 0.6 is 11.6 Å². The highest BCUT2D eigenvalue weighted by molar-refractivity contribution is 6.30. The molecule has 2 unspecified atom stereocenters. The molecule has 0 radical (unpaired) electrons. The minimum Gasteiger partial charge on any atom is -0.380 e. The van der Waals surface area contributed by atoms with Gasteiger partial charge in [0.1, 0.15) is 0 Å². The molecule has 2 N–H and O–H groups in total. The first-order chi connectivity index (χ1) is 8.74. The largest absolute Gasteiger partial charge is 0.380 e. The first-order valence-electron chi connectivity index (χ1n) is 6.47. The summed E-state index contributed by atoms with van der Waals surface area (Å²) in [6.45, 7) is 2.67. The van der Waals surface area contributed by atoms with Crippen molar-refractivity contribution in [2.45, 2.75) is 25.0 Å². The molecule has 18 heavy (non-hydrogen) atoms. The van der Waals surface area contributed by atoms with Crippen molar-refractivity contribution in [2.75, 3.05) is 26.7 Å². The summed E-state index contributed by atoms with van der Waals surface area (Å²) in [7, 11) is 1.79. The molecule has 0 saturated carbocycles. The van der Waals surface area contributed by atoms with E-state index >= 15 is 0 Å². The first-order valence-corrected chi connectivity index (χ1v) is 6.84. The fourth-order valence-corrected chi connectivity index (χ4v) is 2.75. The Hall–Kier alpha value is -0.610. The number of nitrogens with two attached hydrogens (primary N) is 1. The first kappa shape index (κ1) is 13.8. The molecular formula is C14H21ClN2O. The van der Waals surface area contributed by atoms with E-state index in [9.17, 15) is 0 Å². The normalized spacial score (nSPS) is 22.9. The smallest absolute Gasteiger partial charge is 0.0698 e. The molecule has 1 aromatic carbocycles. The molecule has 0 amide bonds. The average Bonchev–Trinajstić information content (AvgIpc) is 2.42. The third kappa shape index (κ3) is 3.23. The van der Waals surface area contributed by atoms with E-state index < -0.39 is 0 Å². The van der Waals surface area contributed by atoms with E-state index in [2.05, 4.69) is 17.0 Å². The number of rotatable bonds is 4. The number of halogens is 1. The lowest BCUT2D eigenvalue weighted by Crippen LogP contribution is -2.43. The Morgan fingerprint density at radius 3 is 2.78 bits per heavy atom. The number of ether oxygens (including phenoxy) is 1. The maximum atomic E-state index is 5.95. The van der Waals surface area contributed by atoms with Crippen LogP contribution in [0.15, 0.2) is 24.3 Å². The van der Waals surface area contributed by atoms with Gasteiger partial charge in [-0.05, 0) is 37.1 Å². The summed E-state index contributed by atoms with van der Waals surface area (Å²) in [4.78, 5) is 2.42. The van der Waals surface area contributed by atoms with Gasteiger partial charge >= 0.3 is 0 Å². The van der Waals surface area contributed by atoms with Crippen molar-refractivity contribution >= 4 is 11.6 Å². The highest BCUT2D eigenvalue weighted by atomic mass is 35.5. The van der Waals surface area contributed by atoms with Crippen molar-refractivity contribution < 1.29 is 4.74 Å². The van der Waals surface area contributed by atoms with Crippen molar-refractivity contribution in [3.63, 3.8) is 0 Å². The lowest BCUT2D eigenvalue weighted by molar-refractivity contribution is 0.0155. The average molecular weight is 269 g/mol. The van der Waals surface area contributed by atoms with E-state index in [1.54, 1.807) is 7.11 Å². The number of methoxy groups -OCH3 is 1. The molecule has 0 bridgehead atoms. The molecule has 1 fully saturated rings. The molecule has 1 aliphatic heterocycles. The van der Waals surface area contributed by atoms with Crippen molar-refractivity contribution in [1.29, 1.82) is 0 Å². The number of likely N-dealkylation sites (tertiary alicyclic amines) is 1. The minimum atomic E-state index is 0.264. The van der Waals surface area contributed by atoms with Gasteiger partial charge in [-0.3, -0.25) is 4.90 Å². The van der Waals surface area contributed by atoms with Crippen LogP contribution in [-0.4, -0.2) is 37.7 Å². The molecule has 0 aromatic heterocycles. The highest BCUT2D eigenvalue weighted by Crippen LogP contribution is 2.25. The third-order valence-corrected chi connectivity index (χ3v) is 3.91. The van der Waals surface area contributed by atoms with Crippen molar-refractivity contribution in [2.24, 2.45) is 5.73 Å². The molecule has 100 valence electrons. The molecule has 1 heterocycles. The van der Waals surface area contributed by atoms with Crippen LogP contribution in [0.3, 0.4) is 0 Å². The lowest BCUT2D eigenvalue weighted by atomic mass is 10.0. The molecule has 2 rings (SSSR count). The van der Waals surface area contributed by atoms with Crippen LogP contribution in [0.4, 0.5) is 0 Å². The van der Waals surface area contributed by atoms with Crippen LogP contribution in [0.1, 0.15) is 24.4 Å². The van der Waals surface area contributed by atoms with E-state index in [4.69, 9.17) is 22.1 Å². The van der Waals surface area contributed by atoms with Gasteiger partial charge in [0.15, 0.2) is 0 Å². The zero-order chi connectivity index (χ0) is 13.0. The minimum absolute atomic E-state index is 0.264. The number of hydrogen-bond donors (Lipinski definition) is 1. The summed E-state index contributed by atoms with van der Waals surface area (Å²) in [6, 6.07) is 8.25. The van der Waals surface area contributed by atoms with E-state index in [1.165, 1.54) is 12.0 Å². The summed E-state index contributed by atoms with van der Waals surface area (Å²) in [5, 5.41) is 0.767. The van der Waals surface area contributed by atoms with Crippen LogP contribution in [0.2, 0.25) is 5.02 Å². The highest BCUT2D eigenvalue weighted by Gasteiger charge is 2.25. The predicted molar refractivity (Wildman–Crippen MR) is 74.9 cm³/mol. The van der Waals surface area contributed by atoms with E-state index in [1.807, 2.05) is 12.1 Å². The quantitative estimate of drug-likeness (QED) is 0.912. The van der Waals surface area contributed by atoms with E-state index in [0.29, 0.717) is 12.6 Å². The Balaban J connectivity index is 2.10. The summed E-state index contributed by atoms with van der Waals surface area (Å²) in [5.74, 6) is 0. The van der Waals surface area contributed by atoms with Crippen LogP contribution < -0.4 is 5.73 Å². The molecule has 1 saturated heterocycles. The second kappa shape index (κ2) is 6.53. The zero-order valence-electron chi connectivity index (χ0n) is 10.8. The fraction of sp³-hybridized carbons (Fsp3) is 0.571. The van der Waals surface area contributed by atoms with Gasteiger partial charge < -0.3 is 10.5 Å². The van der Waals surface area contributed by atoms with Gasteiger partial charge in [-0.15, -0.1) is 0 Å². The number of piperidine rings is 1. The summed E-state index contributed by atoms with van der Waals surface area (Å²) in [6.07, 6.45) is 2.65. The van der Waals surface area contributed by atoms with Crippen LogP contribution in [0, 0.1) is 0 Å². The van der Waals surface area contributed by atoms with Gasteiger partial charge in [0, 0.05) is 31.3 Å². The summed E-state index contributed by atoms with van der Waals surface area (Å²) >= 11 is 5.93. The number of nitrogens with zero attached hydrogens (tertiary/aromatic N) is 1. The van der Waals surface area contributed by atoms with Gasteiger partial charge in [0.25, 0.3) is 0 Å². The summed E-state index contributed by atoms with van der Waals surface area (Å²) < 4.78 is 5.47. The predicted octanol–water partition coefficient (Wildman–Crippen LogP) is 2.45. The Morgan fingerprint density at radius 1 is 1.44 bits per heavy atom. The molecule has 4 heteroatoms. The van der Waals surface area contributed by atoms with E-state index in [0.717, 1.165) is 24.5 Å². The van der Waals surface area contributed by atoms with Crippen molar-refractivity contribution in [3.8, 4) is 0 Å². The van der Waals surface area contributed by atoms with Crippen molar-refractivity contribution in [3.05, 3.63) is 34.9 Å². The Kier molecular flexibility index (Phi) is 5.01. The van der Waals surface area contributed by atoms with Crippen molar-refractivity contribution in [1.82, 2.24) is 4.90 Å². The van der Waals surface area contributed by atoms with Crippen LogP contribution in [0.25, 0.3) is 0 Å². The molecule has 0 spiro atoms. The molecule has 2 atom stereocenters. The number of hydrogen-bond acceptors (Lipinski definition) is 3. The molecule has 0 aliphatic carbocycles. The van der Waals surface area contributed by atoms with Gasteiger partial charge in [0.05, 0.1) is 6.10 Å². The maximum Gasteiger partial charge on any atom is 0.0698 e. The lowest BCUT2D eigenvalue weighted by Gasteiger charge is -2.37. The molecule has 1 aromatic rings. The molecule has 3 nitrogen and oxygen atoms in total. The van der Waals surface area contributed by atoms with Gasteiger partial charge in [0.2, 0.25) is 0 Å². The van der Waals surface area contributed by atoms with Gasteiger partial charge in [-0.25, -0.2) is 0 Å². The zero-order valence-corrected chi connectivity index (χ0v) is 11.6. The topological polar surface area (TPSA) is 38.5 Å². The third-order valence-electron chi connectivity index (χ3n) is 3.66. The second-order valence-corrected chi connectivity index (χ2v) is 5.23. The molecule has 1 aliphatic rings. The SMILES string of the molecule is COC1CCCN(C(CN)c2ccc(Cl)cc2)C1. The van der Waals surface area contributed by atoms with Gasteiger partial charge in [-0.1, -0.05) is 23.7 Å². The summed E-state index contributed by atoms with van der Waals surface area (Å²) in [5.41, 5.74) is 7.18. The fourth-order valence-electron chi connectivity index (χ4n) is 2.62. The Morgan fingerprint density at radius 2 is 2.17 bits per heavy atom. The van der Waals surface area contributed by atoms with Crippen LogP contribution in [-0.2, 0) is 4.74 Å². The number of benzene rings is 1.